The summed E-state index contributed by atoms with van der Waals surface area (Å²) < 4.78 is 9.94. The Morgan fingerprint density at radius 2 is 1.94 bits per heavy atom. The van der Waals surface area contributed by atoms with E-state index in [0.717, 1.165) is 5.56 Å². The summed E-state index contributed by atoms with van der Waals surface area (Å²) in [5, 5.41) is 0. The van der Waals surface area contributed by atoms with Gasteiger partial charge in [-0.15, -0.1) is 0 Å². The van der Waals surface area contributed by atoms with Crippen LogP contribution in [0.2, 0.25) is 0 Å². The van der Waals surface area contributed by atoms with Crippen LogP contribution >= 0.6 is 0 Å². The molecule has 0 bridgehead atoms. The first-order valence-corrected chi connectivity index (χ1v) is 4.79. The fraction of sp³-hybridized carbons (Fsp3) is 0.200. The van der Waals surface area contributed by atoms with Crippen molar-refractivity contribution in [1.82, 2.24) is 19.9 Å². The van der Waals surface area contributed by atoms with E-state index >= 15 is 0 Å². The zero-order chi connectivity index (χ0) is 12.3. The van der Waals surface area contributed by atoms with Gasteiger partial charge >= 0.3 is 6.01 Å². The van der Waals surface area contributed by atoms with Crippen molar-refractivity contribution in [3.05, 3.63) is 18.3 Å². The maximum atomic E-state index is 5.55. The molecule has 2 heterocycles. The highest BCUT2D eigenvalue weighted by molar-refractivity contribution is 5.57. The van der Waals surface area contributed by atoms with Crippen molar-refractivity contribution in [3.63, 3.8) is 0 Å². The van der Waals surface area contributed by atoms with E-state index in [1.807, 2.05) is 0 Å². The molecular weight excluding hydrogens is 222 g/mol. The Labute approximate surface area is 97.7 Å². The number of pyridine rings is 1. The molecule has 0 aromatic carbocycles. The van der Waals surface area contributed by atoms with E-state index in [1.165, 1.54) is 14.2 Å². The van der Waals surface area contributed by atoms with Crippen molar-refractivity contribution in [2.45, 2.75) is 0 Å². The molecule has 0 unspecified atom stereocenters. The zero-order valence-corrected chi connectivity index (χ0v) is 9.41. The van der Waals surface area contributed by atoms with Crippen molar-refractivity contribution in [2.75, 3.05) is 20.0 Å². The molecule has 0 atom stereocenters. The minimum Gasteiger partial charge on any atom is -0.481 e. The molecule has 0 aliphatic carbocycles. The van der Waals surface area contributed by atoms with E-state index in [-0.39, 0.29) is 12.0 Å². The van der Waals surface area contributed by atoms with Crippen LogP contribution in [0.5, 0.6) is 11.9 Å². The minimum absolute atomic E-state index is 0.0997. The highest BCUT2D eigenvalue weighted by atomic mass is 16.5. The number of methoxy groups -OCH3 is 2. The summed E-state index contributed by atoms with van der Waals surface area (Å²) in [6.45, 7) is 0. The van der Waals surface area contributed by atoms with Gasteiger partial charge in [-0.1, -0.05) is 0 Å². The van der Waals surface area contributed by atoms with Crippen LogP contribution in [0.15, 0.2) is 18.3 Å². The molecule has 0 aliphatic heterocycles. The van der Waals surface area contributed by atoms with E-state index in [1.54, 1.807) is 18.3 Å². The molecule has 0 fully saturated rings. The Hall–Kier alpha value is -2.44. The fourth-order valence-electron chi connectivity index (χ4n) is 1.25. The van der Waals surface area contributed by atoms with Gasteiger partial charge in [0.1, 0.15) is 0 Å². The Morgan fingerprint density at radius 3 is 2.65 bits per heavy atom. The molecular formula is C10H11N5O2. The van der Waals surface area contributed by atoms with Crippen LogP contribution in [-0.4, -0.2) is 34.2 Å². The first-order valence-electron chi connectivity index (χ1n) is 4.79. The third-order valence-corrected chi connectivity index (χ3v) is 2.02. The summed E-state index contributed by atoms with van der Waals surface area (Å²) in [7, 11) is 3.00. The average Bonchev–Trinajstić information content (AvgIpc) is 2.38. The van der Waals surface area contributed by atoms with Gasteiger partial charge in [-0.05, 0) is 6.07 Å². The maximum Gasteiger partial charge on any atom is 0.321 e. The van der Waals surface area contributed by atoms with Crippen LogP contribution in [-0.2, 0) is 0 Å². The quantitative estimate of drug-likeness (QED) is 0.826. The molecule has 2 rings (SSSR count). The molecule has 0 saturated heterocycles. The Bertz CT molecular complexity index is 532. The number of nitrogens with zero attached hydrogens (tertiary/aromatic N) is 4. The molecule has 0 saturated carbocycles. The molecule has 88 valence electrons. The summed E-state index contributed by atoms with van der Waals surface area (Å²) in [6, 6.07) is 3.62. The molecule has 0 amide bonds. The van der Waals surface area contributed by atoms with Gasteiger partial charge in [0, 0.05) is 17.8 Å². The van der Waals surface area contributed by atoms with E-state index in [4.69, 9.17) is 15.2 Å². The summed E-state index contributed by atoms with van der Waals surface area (Å²) in [5.74, 6) is 0.984. The van der Waals surface area contributed by atoms with Crippen LogP contribution in [0, 0.1) is 0 Å². The van der Waals surface area contributed by atoms with E-state index in [2.05, 4.69) is 19.9 Å². The van der Waals surface area contributed by atoms with Crippen LogP contribution in [0.3, 0.4) is 0 Å². The number of nitrogens with two attached hydrogens (primary N) is 1. The first kappa shape index (κ1) is 11.1. The van der Waals surface area contributed by atoms with Crippen LogP contribution in [0.4, 0.5) is 5.95 Å². The van der Waals surface area contributed by atoms with Crippen LogP contribution in [0.1, 0.15) is 0 Å². The van der Waals surface area contributed by atoms with Crippen molar-refractivity contribution >= 4 is 5.95 Å². The molecule has 2 N–H and O–H groups in total. The van der Waals surface area contributed by atoms with E-state index in [0.29, 0.717) is 11.7 Å². The lowest BCUT2D eigenvalue weighted by molar-refractivity contribution is 0.379. The molecule has 17 heavy (non-hydrogen) atoms. The highest BCUT2D eigenvalue weighted by Gasteiger charge is 2.08. The topological polar surface area (TPSA) is 96.0 Å². The second-order valence-electron chi connectivity index (χ2n) is 3.09. The number of ether oxygens (including phenoxy) is 2. The molecule has 2 aromatic heterocycles. The standard InChI is InChI=1S/C10H11N5O2/c1-16-7-5-6(3-4-12-7)8-13-9(11)15-10(14-8)17-2/h3-5H,1-2H3,(H2,11,13,14,15). The Kier molecular flexibility index (Phi) is 2.99. The molecule has 7 heteroatoms. The Balaban J connectivity index is 2.47. The molecule has 0 spiro atoms. The number of nitrogen functional groups attached to an aromatic ring is 1. The summed E-state index contributed by atoms with van der Waals surface area (Å²) >= 11 is 0. The van der Waals surface area contributed by atoms with Gasteiger partial charge in [0.2, 0.25) is 11.8 Å². The zero-order valence-electron chi connectivity index (χ0n) is 9.41. The largest absolute Gasteiger partial charge is 0.481 e. The number of rotatable bonds is 3. The van der Waals surface area contributed by atoms with Crippen molar-refractivity contribution in [1.29, 1.82) is 0 Å². The van der Waals surface area contributed by atoms with Gasteiger partial charge < -0.3 is 15.2 Å². The van der Waals surface area contributed by atoms with Gasteiger partial charge in [-0.3, -0.25) is 0 Å². The summed E-state index contributed by atoms with van der Waals surface area (Å²) in [4.78, 5) is 15.9. The van der Waals surface area contributed by atoms with Crippen molar-refractivity contribution in [3.8, 4) is 23.3 Å². The minimum atomic E-state index is 0.0997. The maximum absolute atomic E-state index is 5.55. The molecule has 0 radical (unpaired) electrons. The van der Waals surface area contributed by atoms with Crippen LogP contribution in [0.25, 0.3) is 11.4 Å². The third-order valence-electron chi connectivity index (χ3n) is 2.02. The van der Waals surface area contributed by atoms with Gasteiger partial charge in [-0.2, -0.15) is 15.0 Å². The second kappa shape index (κ2) is 4.60. The van der Waals surface area contributed by atoms with E-state index in [9.17, 15) is 0 Å². The highest BCUT2D eigenvalue weighted by Crippen LogP contribution is 2.20. The number of aromatic nitrogens is 4. The average molecular weight is 233 g/mol. The fourth-order valence-corrected chi connectivity index (χ4v) is 1.25. The molecule has 2 aromatic rings. The first-order chi connectivity index (χ1) is 8.22. The summed E-state index contributed by atoms with van der Waals surface area (Å²) in [6.07, 6.45) is 1.60. The van der Waals surface area contributed by atoms with Crippen LogP contribution < -0.4 is 15.2 Å². The lowest BCUT2D eigenvalue weighted by Crippen LogP contribution is -2.02. The summed E-state index contributed by atoms with van der Waals surface area (Å²) in [5.41, 5.74) is 6.28. The number of hydrogen-bond acceptors (Lipinski definition) is 7. The molecule has 7 nitrogen and oxygen atoms in total. The van der Waals surface area contributed by atoms with E-state index < -0.39 is 0 Å². The van der Waals surface area contributed by atoms with Crippen molar-refractivity contribution < 1.29 is 9.47 Å². The second-order valence-corrected chi connectivity index (χ2v) is 3.09. The lowest BCUT2D eigenvalue weighted by atomic mass is 10.2. The van der Waals surface area contributed by atoms with Gasteiger partial charge in [0.05, 0.1) is 14.2 Å². The molecule has 0 aliphatic rings. The normalized spacial score (nSPS) is 10.0. The predicted molar refractivity (Wildman–Crippen MR) is 60.6 cm³/mol. The predicted octanol–water partition coefficient (Wildman–Crippen LogP) is 0.533. The number of hydrogen-bond donors (Lipinski definition) is 1. The SMILES string of the molecule is COc1cc(-c2nc(N)nc(OC)n2)ccn1. The van der Waals surface area contributed by atoms with Gasteiger partial charge in [-0.25, -0.2) is 4.98 Å². The van der Waals surface area contributed by atoms with Crippen molar-refractivity contribution in [2.24, 2.45) is 0 Å². The lowest BCUT2D eigenvalue weighted by Gasteiger charge is -2.04. The number of anilines is 1. The van der Waals surface area contributed by atoms with Gasteiger partial charge in [0.15, 0.2) is 5.82 Å². The smallest absolute Gasteiger partial charge is 0.321 e. The van der Waals surface area contributed by atoms with Gasteiger partial charge in [0.25, 0.3) is 0 Å². The monoisotopic (exact) mass is 233 g/mol. The third kappa shape index (κ3) is 2.39. The Morgan fingerprint density at radius 1 is 1.12 bits per heavy atom.